The highest BCUT2D eigenvalue weighted by atomic mass is 35.5. The molecule has 1 aliphatic carbocycles. The Morgan fingerprint density at radius 2 is 1.83 bits per heavy atom. The first-order chi connectivity index (χ1) is 8.69. The third-order valence-electron chi connectivity index (χ3n) is 3.80. The molecule has 18 heavy (non-hydrogen) atoms. The molecule has 1 aromatic rings. The Balaban J connectivity index is 2.28. The molecule has 1 aromatic carbocycles. The summed E-state index contributed by atoms with van der Waals surface area (Å²) >= 11 is 5.88. The van der Waals surface area contributed by atoms with Gasteiger partial charge in [0.15, 0.2) is 0 Å². The maximum atomic E-state index is 11.9. The molecule has 1 fully saturated rings. The van der Waals surface area contributed by atoms with Gasteiger partial charge in [-0.25, -0.2) is 0 Å². The molecule has 0 spiro atoms. The van der Waals surface area contributed by atoms with Crippen LogP contribution in [0.25, 0.3) is 0 Å². The molecule has 2 rings (SSSR count). The summed E-state index contributed by atoms with van der Waals surface area (Å²) < 4.78 is 5.42. The van der Waals surface area contributed by atoms with Crippen molar-refractivity contribution in [2.24, 2.45) is 0 Å². The zero-order chi connectivity index (χ0) is 13.0. The maximum absolute atomic E-state index is 11.9. The Labute approximate surface area is 113 Å². The summed E-state index contributed by atoms with van der Waals surface area (Å²) in [5.41, 5.74) is 0.565. The highest BCUT2D eigenvalue weighted by Crippen LogP contribution is 2.41. The van der Waals surface area contributed by atoms with Crippen LogP contribution in [0.1, 0.15) is 44.6 Å². The van der Waals surface area contributed by atoms with E-state index in [1.807, 2.05) is 31.2 Å². The number of benzene rings is 1. The molecule has 0 unspecified atom stereocenters. The number of ether oxygens (including phenoxy) is 1. The average Bonchev–Trinajstić information content (AvgIpc) is 2.40. The van der Waals surface area contributed by atoms with Crippen LogP contribution in [-0.4, -0.2) is 11.8 Å². The van der Waals surface area contributed by atoms with Gasteiger partial charge in [-0.3, -0.25) is 4.79 Å². The molecule has 98 valence electrons. The Kier molecular flexibility index (Phi) is 4.28. The van der Waals surface area contributed by atoms with E-state index in [9.17, 15) is 4.79 Å². The van der Waals surface area contributed by atoms with Gasteiger partial charge in [0.1, 0.15) is 5.75 Å². The minimum absolute atomic E-state index is 0.216. The molecular weight excluding hydrogens is 248 g/mol. The van der Waals surface area contributed by atoms with E-state index in [-0.39, 0.29) is 5.24 Å². The van der Waals surface area contributed by atoms with Gasteiger partial charge >= 0.3 is 0 Å². The fraction of sp³-hybridized carbons (Fsp3) is 0.533. The third-order valence-corrected chi connectivity index (χ3v) is 4.16. The maximum Gasteiger partial charge on any atom is 0.232 e. The summed E-state index contributed by atoms with van der Waals surface area (Å²) in [4.78, 5) is 11.9. The van der Waals surface area contributed by atoms with Crippen molar-refractivity contribution in [2.45, 2.75) is 44.4 Å². The van der Waals surface area contributed by atoms with Crippen LogP contribution in [0.5, 0.6) is 5.75 Å². The monoisotopic (exact) mass is 266 g/mol. The van der Waals surface area contributed by atoms with Gasteiger partial charge in [0.2, 0.25) is 5.24 Å². The molecule has 1 aliphatic rings. The molecule has 2 nitrogen and oxygen atoms in total. The van der Waals surface area contributed by atoms with Crippen molar-refractivity contribution in [1.29, 1.82) is 0 Å². The first-order valence-electron chi connectivity index (χ1n) is 6.62. The zero-order valence-corrected chi connectivity index (χ0v) is 11.5. The summed E-state index contributed by atoms with van der Waals surface area (Å²) in [6.45, 7) is 2.61. The lowest BCUT2D eigenvalue weighted by Crippen LogP contribution is -2.35. The van der Waals surface area contributed by atoms with Crippen molar-refractivity contribution in [3.8, 4) is 5.75 Å². The minimum Gasteiger partial charge on any atom is -0.494 e. The summed E-state index contributed by atoms with van der Waals surface area (Å²) in [5, 5.41) is -0.216. The van der Waals surface area contributed by atoms with Gasteiger partial charge < -0.3 is 4.74 Å². The molecule has 0 N–H and O–H groups in total. The van der Waals surface area contributed by atoms with Crippen LogP contribution < -0.4 is 4.74 Å². The summed E-state index contributed by atoms with van der Waals surface area (Å²) in [7, 11) is 0. The molecule has 0 aliphatic heterocycles. The first-order valence-corrected chi connectivity index (χ1v) is 7.00. The molecule has 1 saturated carbocycles. The van der Waals surface area contributed by atoms with Crippen LogP contribution in [0.3, 0.4) is 0 Å². The smallest absolute Gasteiger partial charge is 0.232 e. The second kappa shape index (κ2) is 5.75. The Hall–Kier alpha value is -1.02. The molecule has 0 saturated heterocycles. The molecule has 0 aromatic heterocycles. The van der Waals surface area contributed by atoms with Crippen LogP contribution in [0, 0.1) is 0 Å². The molecule has 3 heteroatoms. The van der Waals surface area contributed by atoms with Gasteiger partial charge in [-0.15, -0.1) is 0 Å². The van der Waals surface area contributed by atoms with Gasteiger partial charge in [0, 0.05) is 0 Å². The van der Waals surface area contributed by atoms with E-state index < -0.39 is 5.41 Å². The quantitative estimate of drug-likeness (QED) is 0.769. The number of hydrogen-bond donors (Lipinski definition) is 0. The van der Waals surface area contributed by atoms with Crippen molar-refractivity contribution in [3.05, 3.63) is 29.8 Å². The van der Waals surface area contributed by atoms with E-state index in [0.717, 1.165) is 37.0 Å². The van der Waals surface area contributed by atoms with Crippen LogP contribution in [0.15, 0.2) is 24.3 Å². The summed E-state index contributed by atoms with van der Waals surface area (Å²) in [6.07, 6.45) is 5.08. The van der Waals surface area contributed by atoms with Gasteiger partial charge in [-0.05, 0) is 49.1 Å². The van der Waals surface area contributed by atoms with Crippen molar-refractivity contribution in [3.63, 3.8) is 0 Å². The van der Waals surface area contributed by atoms with Crippen LogP contribution >= 0.6 is 11.6 Å². The molecule has 0 amide bonds. The Bertz CT molecular complexity index is 405. The normalized spacial score (nSPS) is 18.3. The lowest BCUT2D eigenvalue weighted by Gasteiger charge is -2.34. The van der Waals surface area contributed by atoms with E-state index in [0.29, 0.717) is 6.61 Å². The molecular formula is C15H19ClO2. The van der Waals surface area contributed by atoms with Gasteiger partial charge in [0.25, 0.3) is 0 Å². The minimum atomic E-state index is -0.468. The number of carbonyl (C=O) groups excluding carboxylic acids is 1. The van der Waals surface area contributed by atoms with Gasteiger partial charge in [0.05, 0.1) is 12.0 Å². The van der Waals surface area contributed by atoms with Crippen molar-refractivity contribution < 1.29 is 9.53 Å². The molecule has 0 bridgehead atoms. The molecule has 0 heterocycles. The highest BCUT2D eigenvalue weighted by molar-refractivity contribution is 6.65. The molecule has 0 radical (unpaired) electrons. The summed E-state index contributed by atoms with van der Waals surface area (Å²) in [5.74, 6) is 0.842. The van der Waals surface area contributed by atoms with E-state index in [1.165, 1.54) is 6.42 Å². The predicted molar refractivity (Wildman–Crippen MR) is 73.2 cm³/mol. The van der Waals surface area contributed by atoms with Crippen LogP contribution in [0.2, 0.25) is 0 Å². The third kappa shape index (κ3) is 2.54. The lowest BCUT2D eigenvalue weighted by molar-refractivity contribution is -0.117. The van der Waals surface area contributed by atoms with Crippen molar-refractivity contribution in [2.75, 3.05) is 6.61 Å². The van der Waals surface area contributed by atoms with Crippen molar-refractivity contribution in [1.82, 2.24) is 0 Å². The number of hydrogen-bond acceptors (Lipinski definition) is 2. The van der Waals surface area contributed by atoms with Gasteiger partial charge in [-0.2, -0.15) is 0 Å². The number of carbonyl (C=O) groups is 1. The van der Waals surface area contributed by atoms with Crippen molar-refractivity contribution >= 4 is 16.8 Å². The van der Waals surface area contributed by atoms with E-state index in [1.54, 1.807) is 0 Å². The van der Waals surface area contributed by atoms with E-state index in [2.05, 4.69) is 0 Å². The Morgan fingerprint density at radius 3 is 2.33 bits per heavy atom. The second-order valence-electron chi connectivity index (χ2n) is 4.87. The first kappa shape index (κ1) is 13.4. The standard InChI is InChI=1S/C15H19ClO2/c1-2-18-13-8-6-12(7-9-13)15(14(16)17)10-4-3-5-11-15/h6-9H,2-5,10-11H2,1H3. The largest absolute Gasteiger partial charge is 0.494 e. The van der Waals surface area contributed by atoms with E-state index >= 15 is 0 Å². The fourth-order valence-corrected chi connectivity index (χ4v) is 3.09. The number of halogens is 1. The average molecular weight is 267 g/mol. The highest BCUT2D eigenvalue weighted by Gasteiger charge is 2.39. The zero-order valence-electron chi connectivity index (χ0n) is 10.7. The number of rotatable bonds is 4. The van der Waals surface area contributed by atoms with E-state index in [4.69, 9.17) is 16.3 Å². The predicted octanol–water partition coefficient (Wildman–Crippen LogP) is 4.05. The van der Waals surface area contributed by atoms with Crippen LogP contribution in [-0.2, 0) is 10.2 Å². The van der Waals surface area contributed by atoms with Gasteiger partial charge in [-0.1, -0.05) is 31.4 Å². The van der Waals surface area contributed by atoms with Crippen LogP contribution in [0.4, 0.5) is 0 Å². The lowest BCUT2D eigenvalue weighted by atomic mass is 9.70. The Morgan fingerprint density at radius 1 is 1.22 bits per heavy atom. The SMILES string of the molecule is CCOc1ccc(C2(C(=O)Cl)CCCCC2)cc1. The molecule has 0 atom stereocenters. The summed E-state index contributed by atoms with van der Waals surface area (Å²) in [6, 6.07) is 7.82. The fourth-order valence-electron chi connectivity index (χ4n) is 2.79. The topological polar surface area (TPSA) is 26.3 Å². The second-order valence-corrected chi connectivity index (χ2v) is 5.22.